The number of likely N-dealkylation sites (N-methyl/N-ethyl adjacent to an activating group) is 1. The first-order chi connectivity index (χ1) is 8.00. The molecule has 0 saturated carbocycles. The summed E-state index contributed by atoms with van der Waals surface area (Å²) in [6, 6.07) is 6.64. The Morgan fingerprint density at radius 1 is 1.29 bits per heavy atom. The van der Waals surface area contributed by atoms with Crippen LogP contribution in [-0.2, 0) is 10.0 Å². The van der Waals surface area contributed by atoms with E-state index in [0.29, 0.717) is 18.9 Å². The molecule has 0 amide bonds. The highest BCUT2D eigenvalue weighted by Crippen LogP contribution is 2.25. The molecule has 0 spiro atoms. The van der Waals surface area contributed by atoms with Crippen LogP contribution in [0.3, 0.4) is 0 Å². The molecule has 1 aromatic rings. The van der Waals surface area contributed by atoms with Crippen molar-refractivity contribution in [3.8, 4) is 5.75 Å². The third-order valence-electron chi connectivity index (χ3n) is 2.22. The molecule has 17 heavy (non-hydrogen) atoms. The third-order valence-corrected chi connectivity index (χ3v) is 4.07. The Bertz CT molecular complexity index is 458. The van der Waals surface area contributed by atoms with Gasteiger partial charge in [-0.05, 0) is 19.2 Å². The summed E-state index contributed by atoms with van der Waals surface area (Å²) in [5.41, 5.74) is 0. The minimum atomic E-state index is -3.46. The fraction of sp³-hybridized carbons (Fsp3) is 0.455. The lowest BCUT2D eigenvalue weighted by molar-refractivity contribution is 0.309. The van der Waals surface area contributed by atoms with Crippen molar-refractivity contribution in [2.45, 2.75) is 4.90 Å². The van der Waals surface area contributed by atoms with E-state index in [1.807, 2.05) is 7.05 Å². The minimum Gasteiger partial charge on any atom is -0.491 e. The Morgan fingerprint density at radius 2 is 1.94 bits per heavy atom. The summed E-state index contributed by atoms with van der Waals surface area (Å²) >= 11 is 0. The van der Waals surface area contributed by atoms with Crippen molar-refractivity contribution in [1.29, 1.82) is 0 Å². The predicted molar refractivity (Wildman–Crippen MR) is 66.7 cm³/mol. The molecular formula is C11H18N2O3S. The van der Waals surface area contributed by atoms with Gasteiger partial charge in [0.2, 0.25) is 10.0 Å². The van der Waals surface area contributed by atoms with Crippen molar-refractivity contribution in [2.75, 3.05) is 34.3 Å². The molecule has 96 valence electrons. The van der Waals surface area contributed by atoms with E-state index in [1.54, 1.807) is 24.3 Å². The number of rotatable bonds is 6. The van der Waals surface area contributed by atoms with E-state index in [2.05, 4.69) is 5.32 Å². The van der Waals surface area contributed by atoms with Crippen LogP contribution >= 0.6 is 0 Å². The number of hydrogen-bond acceptors (Lipinski definition) is 4. The second-order valence-electron chi connectivity index (χ2n) is 3.69. The van der Waals surface area contributed by atoms with Gasteiger partial charge in [0.05, 0.1) is 0 Å². The van der Waals surface area contributed by atoms with Gasteiger partial charge in [-0.25, -0.2) is 12.7 Å². The van der Waals surface area contributed by atoms with Gasteiger partial charge >= 0.3 is 0 Å². The van der Waals surface area contributed by atoms with Gasteiger partial charge in [-0.2, -0.15) is 0 Å². The van der Waals surface area contributed by atoms with E-state index in [1.165, 1.54) is 18.4 Å². The number of hydrogen-bond donors (Lipinski definition) is 1. The van der Waals surface area contributed by atoms with Gasteiger partial charge in [-0.15, -0.1) is 0 Å². The average molecular weight is 258 g/mol. The van der Waals surface area contributed by atoms with Crippen molar-refractivity contribution in [1.82, 2.24) is 9.62 Å². The second-order valence-corrected chi connectivity index (χ2v) is 5.81. The maximum Gasteiger partial charge on any atom is 0.246 e. The Kier molecular flexibility index (Phi) is 4.92. The molecule has 1 aromatic carbocycles. The van der Waals surface area contributed by atoms with Crippen LogP contribution in [0.1, 0.15) is 0 Å². The SMILES string of the molecule is CNCCOc1ccccc1S(=O)(=O)N(C)C. The summed E-state index contributed by atoms with van der Waals surface area (Å²) in [5.74, 6) is 0.386. The molecule has 5 nitrogen and oxygen atoms in total. The van der Waals surface area contributed by atoms with Gasteiger partial charge in [-0.1, -0.05) is 12.1 Å². The van der Waals surface area contributed by atoms with Crippen LogP contribution < -0.4 is 10.1 Å². The van der Waals surface area contributed by atoms with Crippen molar-refractivity contribution < 1.29 is 13.2 Å². The minimum absolute atomic E-state index is 0.195. The van der Waals surface area contributed by atoms with Crippen molar-refractivity contribution >= 4 is 10.0 Å². The van der Waals surface area contributed by atoms with Gasteiger partial charge in [0.15, 0.2) is 0 Å². The number of sulfonamides is 1. The van der Waals surface area contributed by atoms with Crippen molar-refractivity contribution in [3.05, 3.63) is 24.3 Å². The van der Waals surface area contributed by atoms with Crippen LogP contribution in [0.15, 0.2) is 29.2 Å². The smallest absolute Gasteiger partial charge is 0.246 e. The normalized spacial score (nSPS) is 11.8. The molecule has 1 rings (SSSR count). The highest BCUT2D eigenvalue weighted by molar-refractivity contribution is 7.89. The lowest BCUT2D eigenvalue weighted by atomic mass is 10.3. The molecule has 0 atom stereocenters. The number of para-hydroxylation sites is 1. The highest BCUT2D eigenvalue weighted by atomic mass is 32.2. The Morgan fingerprint density at radius 3 is 2.53 bits per heavy atom. The molecule has 0 saturated heterocycles. The highest BCUT2D eigenvalue weighted by Gasteiger charge is 2.21. The molecule has 0 bridgehead atoms. The van der Waals surface area contributed by atoms with E-state index in [-0.39, 0.29) is 4.90 Å². The molecule has 0 aliphatic rings. The van der Waals surface area contributed by atoms with Crippen LogP contribution in [0.5, 0.6) is 5.75 Å². The van der Waals surface area contributed by atoms with E-state index in [9.17, 15) is 8.42 Å². The summed E-state index contributed by atoms with van der Waals surface area (Å²) in [7, 11) is 1.35. The Balaban J connectivity index is 3.00. The van der Waals surface area contributed by atoms with E-state index < -0.39 is 10.0 Å². The van der Waals surface area contributed by atoms with Crippen molar-refractivity contribution in [3.63, 3.8) is 0 Å². The molecule has 0 radical (unpaired) electrons. The van der Waals surface area contributed by atoms with Crippen LogP contribution in [-0.4, -0.2) is 47.0 Å². The molecular weight excluding hydrogens is 240 g/mol. The first-order valence-electron chi connectivity index (χ1n) is 5.29. The molecule has 0 unspecified atom stereocenters. The van der Waals surface area contributed by atoms with Gasteiger partial charge in [-0.3, -0.25) is 0 Å². The number of nitrogens with zero attached hydrogens (tertiary/aromatic N) is 1. The largest absolute Gasteiger partial charge is 0.491 e. The van der Waals surface area contributed by atoms with E-state index in [0.717, 1.165) is 0 Å². The first-order valence-corrected chi connectivity index (χ1v) is 6.73. The molecule has 0 aliphatic heterocycles. The Hall–Kier alpha value is -1.11. The van der Waals surface area contributed by atoms with Gasteiger partial charge in [0.25, 0.3) is 0 Å². The molecule has 0 fully saturated rings. The van der Waals surface area contributed by atoms with Crippen molar-refractivity contribution in [2.24, 2.45) is 0 Å². The molecule has 0 heterocycles. The summed E-state index contributed by atoms with van der Waals surface area (Å²) < 4.78 is 30.7. The summed E-state index contributed by atoms with van der Waals surface area (Å²) in [6.45, 7) is 1.09. The van der Waals surface area contributed by atoms with Gasteiger partial charge < -0.3 is 10.1 Å². The maximum absolute atomic E-state index is 12.0. The van der Waals surface area contributed by atoms with Gasteiger partial charge in [0.1, 0.15) is 17.3 Å². The molecule has 6 heteroatoms. The average Bonchev–Trinajstić information content (AvgIpc) is 2.29. The summed E-state index contributed by atoms with van der Waals surface area (Å²) in [5, 5.41) is 2.93. The van der Waals surface area contributed by atoms with E-state index in [4.69, 9.17) is 4.74 Å². The lowest BCUT2D eigenvalue weighted by Crippen LogP contribution is -2.23. The van der Waals surface area contributed by atoms with Crippen LogP contribution in [0.25, 0.3) is 0 Å². The number of benzene rings is 1. The zero-order valence-electron chi connectivity index (χ0n) is 10.3. The zero-order chi connectivity index (χ0) is 12.9. The third kappa shape index (κ3) is 3.42. The molecule has 0 aromatic heterocycles. The topological polar surface area (TPSA) is 58.6 Å². The maximum atomic E-state index is 12.0. The summed E-state index contributed by atoms with van der Waals surface area (Å²) in [6.07, 6.45) is 0. The van der Waals surface area contributed by atoms with Crippen LogP contribution in [0.4, 0.5) is 0 Å². The van der Waals surface area contributed by atoms with E-state index >= 15 is 0 Å². The van der Waals surface area contributed by atoms with Crippen LogP contribution in [0.2, 0.25) is 0 Å². The standard InChI is InChI=1S/C11H18N2O3S/c1-12-8-9-16-10-6-4-5-7-11(10)17(14,15)13(2)3/h4-7,12H,8-9H2,1-3H3. The zero-order valence-corrected chi connectivity index (χ0v) is 11.1. The fourth-order valence-corrected chi connectivity index (χ4v) is 2.27. The van der Waals surface area contributed by atoms with Crippen LogP contribution in [0, 0.1) is 0 Å². The summed E-state index contributed by atoms with van der Waals surface area (Å²) in [4.78, 5) is 0.195. The first kappa shape index (κ1) is 14.0. The monoisotopic (exact) mass is 258 g/mol. The number of ether oxygens (including phenoxy) is 1. The quantitative estimate of drug-likeness (QED) is 0.756. The second kappa shape index (κ2) is 6.00. The Labute approximate surface area is 102 Å². The molecule has 0 aliphatic carbocycles. The fourth-order valence-electron chi connectivity index (χ4n) is 1.24. The number of nitrogens with one attached hydrogen (secondary N) is 1. The van der Waals surface area contributed by atoms with Gasteiger partial charge in [0, 0.05) is 20.6 Å². The molecule has 1 N–H and O–H groups in total. The lowest BCUT2D eigenvalue weighted by Gasteiger charge is -2.15. The predicted octanol–water partition coefficient (Wildman–Crippen LogP) is 0.535.